The van der Waals surface area contributed by atoms with Crippen molar-refractivity contribution in [2.45, 2.75) is 20.8 Å². The van der Waals surface area contributed by atoms with E-state index in [2.05, 4.69) is 24.9 Å². The number of hydrogen-bond acceptors (Lipinski definition) is 4. The van der Waals surface area contributed by atoms with E-state index in [9.17, 15) is 5.11 Å². The third-order valence-corrected chi connectivity index (χ3v) is 6.02. The number of thiazole rings is 1. The molecule has 4 rings (SSSR count). The monoisotopic (exact) mass is 378 g/mol. The summed E-state index contributed by atoms with van der Waals surface area (Å²) in [7, 11) is 0. The highest BCUT2D eigenvalue weighted by atomic mass is 32.1. The highest BCUT2D eigenvalue weighted by molar-refractivity contribution is 7.73. The van der Waals surface area contributed by atoms with E-state index in [1.54, 1.807) is 4.57 Å². The molecule has 0 fully saturated rings. The molecule has 0 unspecified atom stereocenters. The van der Waals surface area contributed by atoms with Crippen molar-refractivity contribution in [3.8, 4) is 11.6 Å². The van der Waals surface area contributed by atoms with Crippen LogP contribution in [-0.2, 0) is 0 Å². The molecule has 2 heterocycles. The minimum absolute atomic E-state index is 0.174. The van der Waals surface area contributed by atoms with Crippen LogP contribution in [0.25, 0.3) is 17.3 Å². The average molecular weight is 379 g/mol. The van der Waals surface area contributed by atoms with Gasteiger partial charge in [-0.1, -0.05) is 24.3 Å². The predicted molar refractivity (Wildman–Crippen MR) is 113 cm³/mol. The van der Waals surface area contributed by atoms with Crippen molar-refractivity contribution < 1.29 is 5.11 Å². The van der Waals surface area contributed by atoms with Crippen LogP contribution >= 0.6 is 23.6 Å². The molecule has 0 saturated heterocycles. The lowest BCUT2D eigenvalue weighted by Gasteiger charge is -2.08. The summed E-state index contributed by atoms with van der Waals surface area (Å²) in [6, 6.07) is 14.1. The first-order valence-corrected chi connectivity index (χ1v) is 9.57. The van der Waals surface area contributed by atoms with Gasteiger partial charge >= 0.3 is 0 Å². The van der Waals surface area contributed by atoms with Crippen molar-refractivity contribution >= 4 is 46.6 Å². The fourth-order valence-corrected chi connectivity index (χ4v) is 4.41. The van der Waals surface area contributed by atoms with Gasteiger partial charge in [-0.3, -0.25) is 9.56 Å². The number of aliphatic imine (C=N–C) groups is 1. The molecular formula is C21H18N2OS2. The molecule has 1 aromatic heterocycles. The van der Waals surface area contributed by atoms with E-state index in [1.807, 2.05) is 49.4 Å². The Morgan fingerprint density at radius 1 is 1.08 bits per heavy atom. The van der Waals surface area contributed by atoms with Crippen LogP contribution in [0.3, 0.4) is 0 Å². The van der Waals surface area contributed by atoms with Gasteiger partial charge in [-0.15, -0.1) is 11.3 Å². The molecule has 130 valence electrons. The number of aromatic nitrogens is 1. The molecule has 1 aliphatic heterocycles. The van der Waals surface area contributed by atoms with Gasteiger partial charge in [0.25, 0.3) is 0 Å². The Morgan fingerprint density at radius 2 is 1.85 bits per heavy atom. The van der Waals surface area contributed by atoms with Gasteiger partial charge in [-0.05, 0) is 68.4 Å². The average Bonchev–Trinajstić information content (AvgIpc) is 3.07. The molecule has 0 aliphatic carbocycles. The Balaban J connectivity index is 1.85. The molecule has 0 bridgehead atoms. The van der Waals surface area contributed by atoms with E-state index >= 15 is 0 Å². The molecule has 2 aromatic carbocycles. The largest absolute Gasteiger partial charge is 0.493 e. The zero-order valence-electron chi connectivity index (χ0n) is 14.8. The first-order chi connectivity index (χ1) is 12.5. The lowest BCUT2D eigenvalue weighted by atomic mass is 10.0. The SMILES string of the molecule is CC1=Nc2ccccc2/C1=C\c1sc(=S)n(-c2ccc(C)c(C)c2)c1O. The predicted octanol–water partition coefficient (Wildman–Crippen LogP) is 6.24. The van der Waals surface area contributed by atoms with Gasteiger partial charge in [-0.2, -0.15) is 0 Å². The van der Waals surface area contributed by atoms with Crippen molar-refractivity contribution in [1.82, 2.24) is 4.57 Å². The van der Waals surface area contributed by atoms with E-state index in [1.165, 1.54) is 22.5 Å². The van der Waals surface area contributed by atoms with E-state index in [0.29, 0.717) is 3.95 Å². The van der Waals surface area contributed by atoms with Gasteiger partial charge < -0.3 is 5.11 Å². The van der Waals surface area contributed by atoms with Crippen molar-refractivity contribution in [2.75, 3.05) is 0 Å². The quantitative estimate of drug-likeness (QED) is 0.536. The van der Waals surface area contributed by atoms with E-state index in [0.717, 1.165) is 33.1 Å². The second-order valence-corrected chi connectivity index (χ2v) is 8.11. The smallest absolute Gasteiger partial charge is 0.215 e. The van der Waals surface area contributed by atoms with Crippen molar-refractivity contribution in [3.05, 3.63) is 68.0 Å². The topological polar surface area (TPSA) is 37.5 Å². The van der Waals surface area contributed by atoms with Crippen LogP contribution < -0.4 is 0 Å². The number of para-hydroxylation sites is 1. The van der Waals surface area contributed by atoms with Crippen LogP contribution in [0, 0.1) is 17.8 Å². The van der Waals surface area contributed by atoms with Gasteiger partial charge in [0.1, 0.15) is 0 Å². The second kappa shape index (κ2) is 6.34. The van der Waals surface area contributed by atoms with Crippen molar-refractivity contribution in [2.24, 2.45) is 4.99 Å². The molecule has 0 spiro atoms. The number of aryl methyl sites for hydroxylation is 2. The number of rotatable bonds is 2. The maximum atomic E-state index is 10.8. The first-order valence-electron chi connectivity index (χ1n) is 8.35. The second-order valence-electron chi connectivity index (χ2n) is 6.43. The summed E-state index contributed by atoms with van der Waals surface area (Å²) in [5.74, 6) is 0.174. The lowest BCUT2D eigenvalue weighted by Crippen LogP contribution is -1.95. The highest BCUT2D eigenvalue weighted by Crippen LogP contribution is 2.39. The van der Waals surface area contributed by atoms with Gasteiger partial charge in [-0.25, -0.2) is 0 Å². The summed E-state index contributed by atoms with van der Waals surface area (Å²) >= 11 is 6.93. The van der Waals surface area contributed by atoms with Crippen LogP contribution in [-0.4, -0.2) is 15.4 Å². The molecule has 0 radical (unpaired) electrons. The van der Waals surface area contributed by atoms with Gasteiger partial charge in [0.2, 0.25) is 5.88 Å². The summed E-state index contributed by atoms with van der Waals surface area (Å²) in [4.78, 5) is 5.35. The summed E-state index contributed by atoms with van der Waals surface area (Å²) in [5.41, 5.74) is 7.29. The van der Waals surface area contributed by atoms with Crippen LogP contribution in [0.5, 0.6) is 5.88 Å². The minimum atomic E-state index is 0.174. The molecule has 1 N–H and O–H groups in total. The fraction of sp³-hybridized carbons (Fsp3) is 0.143. The van der Waals surface area contributed by atoms with Gasteiger partial charge in [0.05, 0.1) is 16.3 Å². The molecular weight excluding hydrogens is 360 g/mol. The van der Waals surface area contributed by atoms with Gasteiger partial charge in [0, 0.05) is 16.8 Å². The Kier molecular flexibility index (Phi) is 4.13. The number of nitrogens with zero attached hydrogens (tertiary/aromatic N) is 2. The summed E-state index contributed by atoms with van der Waals surface area (Å²) < 4.78 is 2.35. The van der Waals surface area contributed by atoms with Crippen LogP contribution in [0.15, 0.2) is 47.5 Å². The fourth-order valence-electron chi connectivity index (χ4n) is 3.12. The number of benzene rings is 2. The van der Waals surface area contributed by atoms with Crippen molar-refractivity contribution in [3.63, 3.8) is 0 Å². The summed E-state index contributed by atoms with van der Waals surface area (Å²) in [6.07, 6.45) is 1.98. The molecule has 0 amide bonds. The molecule has 5 heteroatoms. The number of fused-ring (bicyclic) bond motifs is 1. The Labute approximate surface area is 161 Å². The summed E-state index contributed by atoms with van der Waals surface area (Å²) in [5, 5.41) is 10.8. The molecule has 3 aromatic rings. The summed E-state index contributed by atoms with van der Waals surface area (Å²) in [6.45, 7) is 6.12. The Morgan fingerprint density at radius 3 is 2.62 bits per heavy atom. The molecule has 0 saturated carbocycles. The maximum Gasteiger partial charge on any atom is 0.215 e. The van der Waals surface area contributed by atoms with Crippen LogP contribution in [0.1, 0.15) is 28.5 Å². The number of allylic oxidation sites excluding steroid dienone is 1. The third-order valence-electron chi connectivity index (χ3n) is 4.71. The number of aromatic hydroxyl groups is 1. The highest BCUT2D eigenvalue weighted by Gasteiger charge is 2.19. The van der Waals surface area contributed by atoms with E-state index in [4.69, 9.17) is 12.2 Å². The molecule has 3 nitrogen and oxygen atoms in total. The van der Waals surface area contributed by atoms with Gasteiger partial charge in [0.15, 0.2) is 3.95 Å². The number of hydrogen-bond donors (Lipinski definition) is 1. The molecule has 26 heavy (non-hydrogen) atoms. The minimum Gasteiger partial charge on any atom is -0.493 e. The first kappa shape index (κ1) is 16.9. The zero-order chi connectivity index (χ0) is 18.4. The maximum absolute atomic E-state index is 10.8. The van der Waals surface area contributed by atoms with E-state index < -0.39 is 0 Å². The van der Waals surface area contributed by atoms with Crippen LogP contribution in [0.2, 0.25) is 0 Å². The van der Waals surface area contributed by atoms with E-state index in [-0.39, 0.29) is 5.88 Å². The lowest BCUT2D eigenvalue weighted by molar-refractivity contribution is 0.441. The molecule has 1 aliphatic rings. The molecule has 0 atom stereocenters. The third kappa shape index (κ3) is 2.73. The zero-order valence-corrected chi connectivity index (χ0v) is 16.4. The standard InChI is InChI=1S/C21H18N2OS2/c1-12-8-9-15(10-13(12)2)23-20(24)19(26-21(23)25)11-17-14(3)22-18-7-5-4-6-16(17)18/h4-11,24H,1-3H3/b17-11-. The van der Waals surface area contributed by atoms with Crippen molar-refractivity contribution in [1.29, 1.82) is 0 Å². The van der Waals surface area contributed by atoms with Crippen LogP contribution in [0.4, 0.5) is 5.69 Å². The Bertz CT molecular complexity index is 1150. The Hall–Kier alpha value is -2.50. The normalized spacial score (nSPS) is 14.6.